The Morgan fingerprint density at radius 3 is 2.57 bits per heavy atom. The predicted molar refractivity (Wildman–Crippen MR) is 75.4 cm³/mol. The van der Waals surface area contributed by atoms with Crippen LogP contribution in [0, 0.1) is 17.2 Å². The predicted octanol–water partition coefficient (Wildman–Crippen LogP) is 0.738. The second-order valence-electron chi connectivity index (χ2n) is 5.08. The molecule has 1 unspecified atom stereocenters. The first-order valence-corrected chi connectivity index (χ1v) is 8.25. The van der Waals surface area contributed by atoms with E-state index in [1.165, 1.54) is 24.3 Å². The van der Waals surface area contributed by atoms with Crippen LogP contribution in [0.2, 0.25) is 0 Å². The molecule has 0 saturated carbocycles. The van der Waals surface area contributed by atoms with Crippen molar-refractivity contribution < 1.29 is 18.3 Å². The van der Waals surface area contributed by atoms with Crippen LogP contribution in [-0.2, 0) is 14.6 Å². The van der Waals surface area contributed by atoms with Gasteiger partial charge in [0, 0.05) is 13.1 Å². The highest BCUT2D eigenvalue weighted by atomic mass is 32.2. The fourth-order valence-corrected chi connectivity index (χ4v) is 3.63. The summed E-state index contributed by atoms with van der Waals surface area (Å²) < 4.78 is 24.4. The van der Waals surface area contributed by atoms with Gasteiger partial charge >= 0.3 is 5.97 Å². The van der Waals surface area contributed by atoms with E-state index in [0.29, 0.717) is 31.6 Å². The third-order valence-corrected chi connectivity index (χ3v) is 5.35. The van der Waals surface area contributed by atoms with Crippen LogP contribution in [0.4, 0.5) is 0 Å². The van der Waals surface area contributed by atoms with Crippen LogP contribution >= 0.6 is 0 Å². The zero-order valence-corrected chi connectivity index (χ0v) is 12.2. The molecule has 0 bridgehead atoms. The van der Waals surface area contributed by atoms with Gasteiger partial charge in [0.05, 0.1) is 28.2 Å². The van der Waals surface area contributed by atoms with Gasteiger partial charge in [0.25, 0.3) is 0 Å². The summed E-state index contributed by atoms with van der Waals surface area (Å²) in [5.74, 6) is -1.28. The minimum Gasteiger partial charge on any atom is -0.481 e. The van der Waals surface area contributed by atoms with Crippen molar-refractivity contribution >= 4 is 15.8 Å². The first-order valence-electron chi connectivity index (χ1n) is 6.60. The molecular weight excluding hydrogens is 292 g/mol. The lowest BCUT2D eigenvalue weighted by Gasteiger charge is -2.15. The van der Waals surface area contributed by atoms with Gasteiger partial charge in [-0.15, -0.1) is 0 Å². The zero-order chi connectivity index (χ0) is 15.5. The van der Waals surface area contributed by atoms with Crippen LogP contribution in [0.5, 0.6) is 0 Å². The molecule has 1 aromatic rings. The van der Waals surface area contributed by atoms with Crippen molar-refractivity contribution in [1.29, 1.82) is 5.26 Å². The minimum atomic E-state index is -3.41. The highest BCUT2D eigenvalue weighted by molar-refractivity contribution is 7.91. The number of nitrogens with zero attached hydrogens (tertiary/aromatic N) is 2. The van der Waals surface area contributed by atoms with Crippen LogP contribution < -0.4 is 0 Å². The van der Waals surface area contributed by atoms with E-state index >= 15 is 0 Å². The van der Waals surface area contributed by atoms with E-state index in [1.807, 2.05) is 11.0 Å². The molecular formula is C14H16N2O4S. The maximum absolute atomic E-state index is 12.2. The number of nitriles is 1. The van der Waals surface area contributed by atoms with Crippen LogP contribution in [0.3, 0.4) is 0 Å². The Bertz CT molecular complexity index is 661. The maximum atomic E-state index is 12.2. The Hall–Kier alpha value is -1.91. The van der Waals surface area contributed by atoms with E-state index < -0.39 is 21.7 Å². The molecule has 1 atom stereocenters. The maximum Gasteiger partial charge on any atom is 0.307 e. The summed E-state index contributed by atoms with van der Waals surface area (Å²) in [4.78, 5) is 12.9. The summed E-state index contributed by atoms with van der Waals surface area (Å²) in [7, 11) is -3.41. The molecule has 1 aliphatic rings. The van der Waals surface area contributed by atoms with Crippen molar-refractivity contribution in [2.45, 2.75) is 11.3 Å². The van der Waals surface area contributed by atoms with Gasteiger partial charge < -0.3 is 10.0 Å². The van der Waals surface area contributed by atoms with Gasteiger partial charge in [-0.3, -0.25) is 4.79 Å². The average Bonchev–Trinajstić information content (AvgIpc) is 2.94. The Morgan fingerprint density at radius 1 is 1.38 bits per heavy atom. The number of sulfone groups is 1. The van der Waals surface area contributed by atoms with E-state index in [9.17, 15) is 13.2 Å². The third kappa shape index (κ3) is 3.80. The molecule has 0 spiro atoms. The van der Waals surface area contributed by atoms with E-state index in [0.717, 1.165) is 0 Å². The fraction of sp³-hybridized carbons (Fsp3) is 0.429. The third-order valence-electron chi connectivity index (χ3n) is 3.64. The van der Waals surface area contributed by atoms with Crippen molar-refractivity contribution in [3.05, 3.63) is 29.8 Å². The van der Waals surface area contributed by atoms with Crippen molar-refractivity contribution in [1.82, 2.24) is 4.90 Å². The van der Waals surface area contributed by atoms with Crippen molar-refractivity contribution in [2.24, 2.45) is 5.92 Å². The number of hydrogen-bond donors (Lipinski definition) is 1. The highest BCUT2D eigenvalue weighted by Gasteiger charge is 2.28. The van der Waals surface area contributed by atoms with Gasteiger partial charge in [0.2, 0.25) is 0 Å². The van der Waals surface area contributed by atoms with E-state index in [1.54, 1.807) is 0 Å². The van der Waals surface area contributed by atoms with Crippen LogP contribution in [-0.4, -0.2) is 49.8 Å². The van der Waals surface area contributed by atoms with E-state index in [4.69, 9.17) is 10.4 Å². The Labute approximate surface area is 123 Å². The fourth-order valence-electron chi connectivity index (χ4n) is 2.34. The second-order valence-corrected chi connectivity index (χ2v) is 7.19. The smallest absolute Gasteiger partial charge is 0.307 e. The minimum absolute atomic E-state index is 0.0504. The lowest BCUT2D eigenvalue weighted by molar-refractivity contribution is -0.141. The monoisotopic (exact) mass is 308 g/mol. The number of hydrogen-bond acceptors (Lipinski definition) is 5. The molecule has 0 aromatic heterocycles. The molecule has 1 fully saturated rings. The number of carboxylic acids is 1. The van der Waals surface area contributed by atoms with Gasteiger partial charge in [-0.1, -0.05) is 0 Å². The molecule has 1 aliphatic heterocycles. The quantitative estimate of drug-likeness (QED) is 0.861. The van der Waals surface area contributed by atoms with Crippen LogP contribution in [0.1, 0.15) is 12.0 Å². The molecule has 1 N–H and O–H groups in total. The summed E-state index contributed by atoms with van der Waals surface area (Å²) in [5.41, 5.74) is 0.415. The van der Waals surface area contributed by atoms with Gasteiger partial charge in [0.1, 0.15) is 0 Å². The van der Waals surface area contributed by atoms with Crippen molar-refractivity contribution in [3.8, 4) is 6.07 Å². The van der Waals surface area contributed by atoms with Crippen molar-refractivity contribution in [2.75, 3.05) is 25.4 Å². The number of carboxylic acid groups (broad SMARTS) is 1. The molecule has 1 heterocycles. The molecule has 1 aromatic carbocycles. The summed E-state index contributed by atoms with van der Waals surface area (Å²) in [6, 6.07) is 7.75. The SMILES string of the molecule is N#Cc1ccc(S(=O)(=O)CCN2CCC(C(=O)O)C2)cc1. The molecule has 0 amide bonds. The molecule has 0 aliphatic carbocycles. The highest BCUT2D eigenvalue weighted by Crippen LogP contribution is 2.17. The topological polar surface area (TPSA) is 98.5 Å². The number of rotatable bonds is 5. The Balaban J connectivity index is 1.95. The van der Waals surface area contributed by atoms with Gasteiger partial charge in [0.15, 0.2) is 9.84 Å². The Morgan fingerprint density at radius 2 is 2.05 bits per heavy atom. The zero-order valence-electron chi connectivity index (χ0n) is 11.4. The molecule has 7 heteroatoms. The molecule has 112 valence electrons. The summed E-state index contributed by atoms with van der Waals surface area (Å²) in [5, 5.41) is 17.6. The number of benzene rings is 1. The average molecular weight is 308 g/mol. The largest absolute Gasteiger partial charge is 0.481 e. The first-order chi connectivity index (χ1) is 9.92. The van der Waals surface area contributed by atoms with E-state index in [2.05, 4.69) is 0 Å². The lowest BCUT2D eigenvalue weighted by atomic mass is 10.1. The van der Waals surface area contributed by atoms with Gasteiger partial charge in [-0.2, -0.15) is 5.26 Å². The number of aliphatic carboxylic acids is 1. The van der Waals surface area contributed by atoms with Crippen LogP contribution in [0.25, 0.3) is 0 Å². The molecule has 1 saturated heterocycles. The Kier molecular flexibility index (Phi) is 4.60. The molecule has 6 nitrogen and oxygen atoms in total. The van der Waals surface area contributed by atoms with Crippen LogP contribution in [0.15, 0.2) is 29.2 Å². The summed E-state index contributed by atoms with van der Waals surface area (Å²) in [6.45, 7) is 1.34. The van der Waals surface area contributed by atoms with Gasteiger partial charge in [-0.25, -0.2) is 8.42 Å². The number of likely N-dealkylation sites (tertiary alicyclic amines) is 1. The molecule has 2 rings (SSSR count). The molecule has 21 heavy (non-hydrogen) atoms. The summed E-state index contributed by atoms with van der Waals surface area (Å²) >= 11 is 0. The molecule has 0 radical (unpaired) electrons. The van der Waals surface area contributed by atoms with E-state index in [-0.39, 0.29) is 10.6 Å². The number of carbonyl (C=O) groups is 1. The lowest BCUT2D eigenvalue weighted by Crippen LogP contribution is -2.28. The summed E-state index contributed by atoms with van der Waals surface area (Å²) in [6.07, 6.45) is 0.562. The normalized spacial score (nSPS) is 19.3. The first kappa shape index (κ1) is 15.5. The van der Waals surface area contributed by atoms with Crippen molar-refractivity contribution in [3.63, 3.8) is 0 Å². The standard InChI is InChI=1S/C14H16N2O4S/c15-9-11-1-3-13(4-2-11)21(19,20)8-7-16-6-5-12(10-16)14(17)18/h1-4,12H,5-8,10H2,(H,17,18). The van der Waals surface area contributed by atoms with Gasteiger partial charge in [-0.05, 0) is 37.2 Å². The second kappa shape index (κ2) is 6.24.